The minimum Gasteiger partial charge on any atom is -0.370 e. The van der Waals surface area contributed by atoms with Crippen molar-refractivity contribution in [1.82, 2.24) is 5.32 Å². The lowest BCUT2D eigenvalue weighted by Gasteiger charge is -2.37. The first-order valence-electron chi connectivity index (χ1n) is 8.39. The highest BCUT2D eigenvalue weighted by Gasteiger charge is 2.23. The van der Waals surface area contributed by atoms with E-state index in [0.29, 0.717) is 6.04 Å². The van der Waals surface area contributed by atoms with Crippen molar-refractivity contribution < 1.29 is 0 Å². The van der Waals surface area contributed by atoms with Gasteiger partial charge in [0.05, 0.1) is 0 Å². The van der Waals surface area contributed by atoms with Gasteiger partial charge < -0.3 is 10.2 Å². The van der Waals surface area contributed by atoms with Crippen LogP contribution in [0.5, 0.6) is 0 Å². The quantitative estimate of drug-likeness (QED) is 0.898. The summed E-state index contributed by atoms with van der Waals surface area (Å²) in [4.78, 5) is 2.56. The molecule has 0 radical (unpaired) electrons. The second-order valence-corrected chi connectivity index (χ2v) is 6.62. The maximum absolute atomic E-state index is 3.93. The molecule has 2 aliphatic rings. The van der Waals surface area contributed by atoms with Crippen molar-refractivity contribution in [3.05, 3.63) is 29.8 Å². The van der Waals surface area contributed by atoms with Crippen LogP contribution in [0.1, 0.15) is 50.5 Å². The monoisotopic (exact) mass is 272 g/mol. The minimum atomic E-state index is 0.688. The molecule has 1 aromatic rings. The van der Waals surface area contributed by atoms with Crippen molar-refractivity contribution in [1.29, 1.82) is 0 Å². The summed E-state index contributed by atoms with van der Waals surface area (Å²) in [6, 6.07) is 10.5. The second kappa shape index (κ2) is 6.62. The van der Waals surface area contributed by atoms with Crippen LogP contribution in [0.3, 0.4) is 0 Å². The Hall–Kier alpha value is -1.02. The number of rotatable bonds is 3. The van der Waals surface area contributed by atoms with Crippen LogP contribution in [0, 0.1) is 6.92 Å². The first-order chi connectivity index (χ1) is 9.81. The number of anilines is 1. The zero-order valence-electron chi connectivity index (χ0n) is 12.8. The Morgan fingerprint density at radius 3 is 2.35 bits per heavy atom. The Kier molecular flexibility index (Phi) is 4.62. The summed E-state index contributed by atoms with van der Waals surface area (Å²) in [6.45, 7) is 4.55. The van der Waals surface area contributed by atoms with E-state index in [9.17, 15) is 0 Å². The Labute approximate surface area is 123 Å². The van der Waals surface area contributed by atoms with Gasteiger partial charge >= 0.3 is 0 Å². The highest BCUT2D eigenvalue weighted by Crippen LogP contribution is 2.23. The van der Waals surface area contributed by atoms with Gasteiger partial charge in [0.2, 0.25) is 0 Å². The number of benzene rings is 1. The summed E-state index contributed by atoms with van der Waals surface area (Å²) < 4.78 is 0. The van der Waals surface area contributed by atoms with Gasteiger partial charge in [-0.15, -0.1) is 0 Å². The zero-order chi connectivity index (χ0) is 13.8. The van der Waals surface area contributed by atoms with Gasteiger partial charge in [-0.3, -0.25) is 0 Å². The fraction of sp³-hybridized carbons (Fsp3) is 0.667. The first kappa shape index (κ1) is 13.9. The summed E-state index contributed by atoms with van der Waals surface area (Å²) in [6.07, 6.45) is 9.73. The SMILES string of the molecule is Cc1ccc(N2CCCC(NC3CCCCC3)C2)cc1. The number of hydrogen-bond acceptors (Lipinski definition) is 2. The van der Waals surface area contributed by atoms with Gasteiger partial charge in [0, 0.05) is 30.9 Å². The predicted octanol–water partition coefficient (Wildman–Crippen LogP) is 3.89. The van der Waals surface area contributed by atoms with Crippen LogP contribution in [-0.4, -0.2) is 25.2 Å². The highest BCUT2D eigenvalue weighted by molar-refractivity contribution is 5.48. The topological polar surface area (TPSA) is 15.3 Å². The fourth-order valence-electron chi connectivity index (χ4n) is 3.71. The van der Waals surface area contributed by atoms with Crippen molar-refractivity contribution >= 4 is 5.69 Å². The fourth-order valence-corrected chi connectivity index (χ4v) is 3.71. The van der Waals surface area contributed by atoms with Crippen LogP contribution >= 0.6 is 0 Å². The van der Waals surface area contributed by atoms with E-state index in [1.807, 2.05) is 0 Å². The molecule has 1 unspecified atom stereocenters. The maximum atomic E-state index is 3.93. The first-order valence-corrected chi connectivity index (χ1v) is 8.39. The Bertz CT molecular complexity index is 406. The lowest BCUT2D eigenvalue weighted by molar-refractivity contribution is 0.312. The van der Waals surface area contributed by atoms with Gasteiger partial charge in [-0.25, -0.2) is 0 Å². The number of hydrogen-bond donors (Lipinski definition) is 1. The predicted molar refractivity (Wildman–Crippen MR) is 86.4 cm³/mol. The van der Waals surface area contributed by atoms with Gasteiger partial charge in [-0.05, 0) is 44.7 Å². The smallest absolute Gasteiger partial charge is 0.0366 e. The summed E-state index contributed by atoms with van der Waals surface area (Å²) in [5.74, 6) is 0. The van der Waals surface area contributed by atoms with Crippen LogP contribution in [-0.2, 0) is 0 Å². The molecule has 20 heavy (non-hydrogen) atoms. The minimum absolute atomic E-state index is 0.688. The van der Waals surface area contributed by atoms with E-state index in [-0.39, 0.29) is 0 Å². The number of piperidine rings is 1. The molecule has 2 fully saturated rings. The number of nitrogens with one attached hydrogen (secondary N) is 1. The molecule has 0 amide bonds. The maximum Gasteiger partial charge on any atom is 0.0366 e. The largest absolute Gasteiger partial charge is 0.370 e. The van der Waals surface area contributed by atoms with Crippen LogP contribution in [0.25, 0.3) is 0 Å². The molecule has 0 aromatic heterocycles. The van der Waals surface area contributed by atoms with E-state index >= 15 is 0 Å². The highest BCUT2D eigenvalue weighted by atomic mass is 15.2. The van der Waals surface area contributed by atoms with Crippen LogP contribution in [0.4, 0.5) is 5.69 Å². The average molecular weight is 272 g/mol. The van der Waals surface area contributed by atoms with Gasteiger partial charge in [-0.2, -0.15) is 0 Å². The standard InChI is InChI=1S/C18H28N2/c1-15-9-11-18(12-10-15)20-13-5-8-17(14-20)19-16-6-3-2-4-7-16/h9-12,16-17,19H,2-8,13-14H2,1H3. The summed E-state index contributed by atoms with van der Waals surface area (Å²) >= 11 is 0. The van der Waals surface area contributed by atoms with E-state index < -0.39 is 0 Å². The van der Waals surface area contributed by atoms with E-state index in [4.69, 9.17) is 0 Å². The van der Waals surface area contributed by atoms with E-state index in [2.05, 4.69) is 41.4 Å². The zero-order valence-corrected chi connectivity index (χ0v) is 12.8. The summed E-state index contributed by atoms with van der Waals surface area (Å²) in [5, 5.41) is 3.93. The van der Waals surface area contributed by atoms with Crippen molar-refractivity contribution in [3.63, 3.8) is 0 Å². The molecule has 110 valence electrons. The lowest BCUT2D eigenvalue weighted by Crippen LogP contribution is -2.49. The van der Waals surface area contributed by atoms with E-state index in [1.165, 1.54) is 69.3 Å². The second-order valence-electron chi connectivity index (χ2n) is 6.62. The molecule has 1 heterocycles. The Morgan fingerprint density at radius 2 is 1.60 bits per heavy atom. The van der Waals surface area contributed by atoms with Gasteiger partial charge in [0.1, 0.15) is 0 Å². The van der Waals surface area contributed by atoms with Crippen molar-refractivity contribution in [2.75, 3.05) is 18.0 Å². The third kappa shape index (κ3) is 3.54. The Balaban J connectivity index is 1.57. The molecular formula is C18H28N2. The van der Waals surface area contributed by atoms with Crippen molar-refractivity contribution in [3.8, 4) is 0 Å². The van der Waals surface area contributed by atoms with E-state index in [1.54, 1.807) is 0 Å². The molecule has 2 nitrogen and oxygen atoms in total. The van der Waals surface area contributed by atoms with Gasteiger partial charge in [-0.1, -0.05) is 37.0 Å². The molecule has 1 saturated heterocycles. The van der Waals surface area contributed by atoms with E-state index in [0.717, 1.165) is 6.04 Å². The molecule has 1 atom stereocenters. The molecule has 1 aliphatic heterocycles. The molecule has 1 aliphatic carbocycles. The van der Waals surface area contributed by atoms with Crippen molar-refractivity contribution in [2.24, 2.45) is 0 Å². The van der Waals surface area contributed by atoms with Crippen LogP contribution in [0.2, 0.25) is 0 Å². The van der Waals surface area contributed by atoms with Gasteiger partial charge in [0.15, 0.2) is 0 Å². The molecular weight excluding hydrogens is 244 g/mol. The molecule has 2 heteroatoms. The molecule has 3 rings (SSSR count). The van der Waals surface area contributed by atoms with Crippen molar-refractivity contribution in [2.45, 2.75) is 64.0 Å². The number of nitrogens with zero attached hydrogens (tertiary/aromatic N) is 1. The van der Waals surface area contributed by atoms with Gasteiger partial charge in [0.25, 0.3) is 0 Å². The third-order valence-electron chi connectivity index (χ3n) is 4.90. The van der Waals surface area contributed by atoms with Crippen LogP contribution in [0.15, 0.2) is 24.3 Å². The Morgan fingerprint density at radius 1 is 0.900 bits per heavy atom. The molecule has 0 spiro atoms. The molecule has 1 aromatic carbocycles. The molecule has 1 N–H and O–H groups in total. The van der Waals surface area contributed by atoms with Crippen LogP contribution < -0.4 is 10.2 Å². The summed E-state index contributed by atoms with van der Waals surface area (Å²) in [7, 11) is 0. The normalized spacial score (nSPS) is 24.9. The average Bonchev–Trinajstić information content (AvgIpc) is 2.49. The lowest BCUT2D eigenvalue weighted by atomic mass is 9.93. The third-order valence-corrected chi connectivity index (χ3v) is 4.90. The molecule has 0 bridgehead atoms. The summed E-state index contributed by atoms with van der Waals surface area (Å²) in [5.41, 5.74) is 2.74. The number of aryl methyl sites for hydroxylation is 1. The molecule has 1 saturated carbocycles.